The minimum atomic E-state index is -1.17. The van der Waals surface area contributed by atoms with Crippen LogP contribution in [0.5, 0.6) is 0 Å². The van der Waals surface area contributed by atoms with E-state index in [1.54, 1.807) is 6.07 Å². The molecule has 5 heteroatoms. The fourth-order valence-corrected chi connectivity index (χ4v) is 1.09. The molecule has 0 radical (unpaired) electrons. The number of aliphatic hydroxyl groups excluding tert-OH is 1. The van der Waals surface area contributed by atoms with Crippen LogP contribution in [0.4, 0.5) is 0 Å². The van der Waals surface area contributed by atoms with Crippen LogP contribution in [-0.4, -0.2) is 27.8 Å². The van der Waals surface area contributed by atoms with Crippen LogP contribution in [0.2, 0.25) is 0 Å². The lowest BCUT2D eigenvalue weighted by Gasteiger charge is -2.01. The number of aliphatic hydroxyl groups is 1. The average Bonchev–Trinajstić information content (AvgIpc) is 3.00. The maximum absolute atomic E-state index is 10.7. The molecule has 72 valence electrons. The molecule has 1 aliphatic heterocycles. The van der Waals surface area contributed by atoms with Crippen molar-refractivity contribution in [1.29, 1.82) is 0 Å². The van der Waals surface area contributed by atoms with Crippen molar-refractivity contribution < 1.29 is 19.7 Å². The van der Waals surface area contributed by atoms with Gasteiger partial charge < -0.3 is 14.9 Å². The highest BCUT2D eigenvalue weighted by molar-refractivity contribution is 5.91. The molecule has 14 heavy (non-hydrogen) atoms. The van der Waals surface area contributed by atoms with Gasteiger partial charge in [0.2, 0.25) is 0 Å². The highest BCUT2D eigenvalue weighted by Crippen LogP contribution is 2.26. The lowest BCUT2D eigenvalue weighted by atomic mass is 10.1. The van der Waals surface area contributed by atoms with E-state index in [0.717, 1.165) is 0 Å². The highest BCUT2D eigenvalue weighted by atomic mass is 16.6. The van der Waals surface area contributed by atoms with Crippen molar-refractivity contribution in [2.24, 2.45) is 0 Å². The number of aromatic nitrogens is 1. The molecular weight excluding hydrogens is 186 g/mol. The normalized spacial score (nSPS) is 17.1. The topological polar surface area (TPSA) is 83.0 Å². The first-order valence-electron chi connectivity index (χ1n) is 3.93. The van der Waals surface area contributed by atoms with E-state index in [1.807, 2.05) is 0 Å². The molecule has 0 bridgehead atoms. The monoisotopic (exact) mass is 193 g/mol. The summed E-state index contributed by atoms with van der Waals surface area (Å²) >= 11 is 0. The van der Waals surface area contributed by atoms with Crippen LogP contribution in [-0.2, 0) is 4.74 Å². The third kappa shape index (κ3) is 1.39. The quantitative estimate of drug-likeness (QED) is 0.541. The van der Waals surface area contributed by atoms with Crippen LogP contribution < -0.4 is 0 Å². The number of aromatic carboxylic acids is 1. The molecule has 0 spiro atoms. The lowest BCUT2D eigenvalue weighted by Crippen LogP contribution is -2.04. The maximum atomic E-state index is 10.7. The van der Waals surface area contributed by atoms with Gasteiger partial charge in [-0.1, -0.05) is 0 Å². The molecule has 1 aromatic heterocycles. The summed E-state index contributed by atoms with van der Waals surface area (Å²) in [5.74, 6) is -0.913. The Kier molecular flexibility index (Phi) is 1.85. The summed E-state index contributed by atoms with van der Waals surface area (Å²) in [6, 6.07) is 3.04. The Labute approximate surface area is 79.3 Å². The van der Waals surface area contributed by atoms with E-state index in [1.165, 1.54) is 12.3 Å². The molecule has 0 aliphatic carbocycles. The van der Waals surface area contributed by atoms with Gasteiger partial charge in [-0.25, -0.2) is 9.78 Å². The van der Waals surface area contributed by atoms with Crippen LogP contribution in [0.3, 0.4) is 0 Å². The van der Waals surface area contributed by atoms with Gasteiger partial charge in [0.25, 0.3) is 0 Å². The molecule has 2 N–H and O–H groups in total. The second kappa shape index (κ2) is 3.02. The van der Waals surface area contributed by atoms with E-state index < -0.39 is 5.97 Å². The zero-order valence-corrected chi connectivity index (χ0v) is 7.10. The van der Waals surface area contributed by atoms with Crippen LogP contribution in [0, 0.1) is 0 Å². The number of rotatable bonds is 2. The van der Waals surface area contributed by atoms with E-state index >= 15 is 0 Å². The number of pyridine rings is 1. The predicted octanol–water partition coefficient (Wildman–Crippen LogP) is 1.04. The zero-order valence-electron chi connectivity index (χ0n) is 7.10. The zero-order chi connectivity index (χ0) is 10.1. The van der Waals surface area contributed by atoms with Crippen LogP contribution in [0.15, 0.2) is 24.1 Å². The van der Waals surface area contributed by atoms with Gasteiger partial charge in [-0.05, 0) is 12.1 Å². The second-order valence-corrected chi connectivity index (χ2v) is 2.77. The van der Waals surface area contributed by atoms with Crippen molar-refractivity contribution in [3.63, 3.8) is 0 Å². The fraction of sp³-hybridized carbons (Fsp3) is 0.111. The molecule has 0 unspecified atom stereocenters. The van der Waals surface area contributed by atoms with Gasteiger partial charge in [0.05, 0.1) is 5.56 Å². The first-order valence-corrected chi connectivity index (χ1v) is 3.93. The highest BCUT2D eigenvalue weighted by Gasteiger charge is 2.24. The van der Waals surface area contributed by atoms with Crippen molar-refractivity contribution >= 4 is 11.7 Å². The van der Waals surface area contributed by atoms with Gasteiger partial charge in [-0.3, -0.25) is 0 Å². The largest absolute Gasteiger partial charge is 0.504 e. The van der Waals surface area contributed by atoms with Gasteiger partial charge in [0, 0.05) is 6.20 Å². The summed E-state index contributed by atoms with van der Waals surface area (Å²) in [6.07, 6.45) is 1.36. The average molecular weight is 193 g/mol. The summed E-state index contributed by atoms with van der Waals surface area (Å²) in [5.41, 5.74) is 0.0144. The molecule has 1 fully saturated rings. The van der Waals surface area contributed by atoms with E-state index in [0.29, 0.717) is 12.4 Å². The van der Waals surface area contributed by atoms with Crippen molar-refractivity contribution in [2.75, 3.05) is 6.61 Å². The van der Waals surface area contributed by atoms with E-state index in [4.69, 9.17) is 9.84 Å². The number of hydrogen-bond acceptors (Lipinski definition) is 4. The molecule has 0 saturated carbocycles. The van der Waals surface area contributed by atoms with Gasteiger partial charge in [0.15, 0.2) is 17.2 Å². The summed E-state index contributed by atoms with van der Waals surface area (Å²) < 4.78 is 4.77. The lowest BCUT2D eigenvalue weighted by molar-refractivity contribution is 0.0689. The minimum absolute atomic E-state index is 0.143. The van der Waals surface area contributed by atoms with Crippen LogP contribution >= 0.6 is 0 Å². The molecule has 5 nitrogen and oxygen atoms in total. The fourth-order valence-electron chi connectivity index (χ4n) is 1.09. The Morgan fingerprint density at radius 3 is 2.79 bits per heavy atom. The number of carboxylic acids is 1. The molecule has 1 aliphatic rings. The van der Waals surface area contributed by atoms with Crippen molar-refractivity contribution in [1.82, 2.24) is 4.98 Å². The van der Waals surface area contributed by atoms with Crippen LogP contribution in [0.25, 0.3) is 5.76 Å². The Bertz CT molecular complexity index is 419. The molecule has 0 amide bonds. The van der Waals surface area contributed by atoms with Gasteiger partial charge >= 0.3 is 5.97 Å². The summed E-state index contributed by atoms with van der Waals surface area (Å²) in [7, 11) is 0. The van der Waals surface area contributed by atoms with Crippen molar-refractivity contribution in [3.05, 3.63) is 35.3 Å². The van der Waals surface area contributed by atoms with Crippen molar-refractivity contribution in [3.8, 4) is 0 Å². The molecule has 1 saturated heterocycles. The molecule has 2 heterocycles. The maximum Gasteiger partial charge on any atom is 0.355 e. The first-order chi connectivity index (χ1) is 6.70. The number of nitrogens with zero attached hydrogens (tertiary/aromatic N) is 1. The minimum Gasteiger partial charge on any atom is -0.504 e. The van der Waals surface area contributed by atoms with Crippen molar-refractivity contribution in [2.45, 2.75) is 0 Å². The number of epoxide rings is 1. The SMILES string of the molecule is O=C(O)c1ncccc1/C(O)=C1/CO1. The van der Waals surface area contributed by atoms with Gasteiger partial charge in [-0.2, -0.15) is 0 Å². The number of carboxylic acid groups (broad SMARTS) is 1. The third-order valence-corrected chi connectivity index (χ3v) is 1.82. The Morgan fingerprint density at radius 1 is 1.50 bits per heavy atom. The number of ether oxygens (including phenoxy) is 1. The molecule has 2 rings (SSSR count). The number of hydrogen-bond donors (Lipinski definition) is 2. The smallest absolute Gasteiger partial charge is 0.355 e. The first kappa shape index (κ1) is 8.55. The third-order valence-electron chi connectivity index (χ3n) is 1.82. The summed E-state index contributed by atoms with van der Waals surface area (Å²) in [6.45, 7) is 0.347. The number of carbonyl (C=O) groups is 1. The molecule has 0 aromatic carbocycles. The van der Waals surface area contributed by atoms with E-state index in [-0.39, 0.29) is 17.0 Å². The van der Waals surface area contributed by atoms with Crippen LogP contribution in [0.1, 0.15) is 16.1 Å². The summed E-state index contributed by atoms with van der Waals surface area (Å²) in [5, 5.41) is 18.3. The molecular formula is C9H7NO4. The predicted molar refractivity (Wildman–Crippen MR) is 46.7 cm³/mol. The molecule has 0 atom stereocenters. The second-order valence-electron chi connectivity index (χ2n) is 2.77. The molecule has 1 aromatic rings. The van der Waals surface area contributed by atoms with Gasteiger partial charge in [0.1, 0.15) is 6.61 Å². The standard InChI is InChI=1S/C9H7NO4/c11-8(6-4-14-6)5-2-1-3-10-7(5)9(12)13/h1-3,11H,4H2,(H,12,13)/b8-6+. The Hall–Kier alpha value is -2.04. The summed E-state index contributed by atoms with van der Waals surface area (Å²) in [4.78, 5) is 14.4. The Morgan fingerprint density at radius 2 is 2.21 bits per heavy atom. The van der Waals surface area contributed by atoms with E-state index in [9.17, 15) is 9.90 Å². The van der Waals surface area contributed by atoms with E-state index in [2.05, 4.69) is 4.98 Å². The van der Waals surface area contributed by atoms with Gasteiger partial charge in [-0.15, -0.1) is 0 Å². The Balaban J connectivity index is 2.52.